The van der Waals surface area contributed by atoms with E-state index >= 15 is 0 Å². The zero-order valence-corrected chi connectivity index (χ0v) is 10.1. The molecule has 84 valence electrons. The average molecular weight is 208 g/mol. The van der Waals surface area contributed by atoms with E-state index in [1.54, 1.807) is 19.9 Å². The van der Waals surface area contributed by atoms with Crippen molar-refractivity contribution in [2.75, 3.05) is 0 Å². The Morgan fingerprint density at radius 2 is 1.73 bits per heavy atom. The Morgan fingerprint density at radius 3 is 2.13 bits per heavy atom. The van der Waals surface area contributed by atoms with E-state index in [-0.39, 0.29) is 5.75 Å². The summed E-state index contributed by atoms with van der Waals surface area (Å²) < 4.78 is 0. The lowest BCUT2D eigenvalue weighted by Gasteiger charge is -2.22. The van der Waals surface area contributed by atoms with Gasteiger partial charge in [-0.05, 0) is 49.9 Å². The van der Waals surface area contributed by atoms with Crippen molar-refractivity contribution in [1.29, 1.82) is 0 Å². The highest BCUT2D eigenvalue weighted by Crippen LogP contribution is 2.33. The van der Waals surface area contributed by atoms with Gasteiger partial charge in [-0.25, -0.2) is 0 Å². The Balaban J connectivity index is 3.37. The fraction of sp³-hybridized carbons (Fsp3) is 0.538. The van der Waals surface area contributed by atoms with Crippen LogP contribution in [0.1, 0.15) is 50.3 Å². The van der Waals surface area contributed by atoms with Crippen molar-refractivity contribution < 1.29 is 10.2 Å². The highest BCUT2D eigenvalue weighted by atomic mass is 16.3. The van der Waals surface area contributed by atoms with Gasteiger partial charge in [-0.1, -0.05) is 13.8 Å². The van der Waals surface area contributed by atoms with E-state index in [1.165, 1.54) is 5.56 Å². The van der Waals surface area contributed by atoms with E-state index in [1.807, 2.05) is 13.0 Å². The van der Waals surface area contributed by atoms with Crippen molar-refractivity contribution in [3.05, 3.63) is 28.8 Å². The van der Waals surface area contributed by atoms with E-state index < -0.39 is 5.60 Å². The molecule has 1 aromatic carbocycles. The normalized spacial score (nSPS) is 12.2. The molecule has 1 aromatic rings. The van der Waals surface area contributed by atoms with Gasteiger partial charge in [-0.2, -0.15) is 0 Å². The number of aliphatic hydroxyl groups is 1. The van der Waals surface area contributed by atoms with Crippen LogP contribution in [-0.4, -0.2) is 10.2 Å². The summed E-state index contributed by atoms with van der Waals surface area (Å²) >= 11 is 0. The summed E-state index contributed by atoms with van der Waals surface area (Å²) in [5.41, 5.74) is 1.83. The minimum atomic E-state index is -0.999. The largest absolute Gasteiger partial charge is 0.508 e. The quantitative estimate of drug-likeness (QED) is 0.784. The molecule has 0 spiro atoms. The molecule has 2 N–H and O–H groups in total. The van der Waals surface area contributed by atoms with Crippen LogP contribution in [-0.2, 0) is 5.60 Å². The topological polar surface area (TPSA) is 40.5 Å². The Morgan fingerprint density at radius 1 is 1.20 bits per heavy atom. The summed E-state index contributed by atoms with van der Waals surface area (Å²) in [5.74, 6) is 0.566. The number of phenolic OH excluding ortho intramolecular Hbond substituents is 1. The Kier molecular flexibility index (Phi) is 3.10. The molecule has 0 saturated carbocycles. The first-order chi connectivity index (χ1) is 6.73. The molecule has 15 heavy (non-hydrogen) atoms. The maximum Gasteiger partial charge on any atom is 0.121 e. The fourth-order valence-electron chi connectivity index (χ4n) is 1.82. The molecule has 0 atom stereocenters. The molecule has 0 aliphatic carbocycles. The number of benzene rings is 1. The molecule has 0 heterocycles. The number of hydrogen-bond donors (Lipinski definition) is 2. The van der Waals surface area contributed by atoms with Crippen LogP contribution in [0, 0.1) is 6.92 Å². The Labute approximate surface area is 91.6 Å². The standard InChI is InChI=1S/C13H20O2/c1-8(2)10-7-11(13(4,5)15)12(14)6-9(10)3/h6-8,14-15H,1-5H3. The number of phenols is 1. The summed E-state index contributed by atoms with van der Waals surface area (Å²) in [6, 6.07) is 3.62. The van der Waals surface area contributed by atoms with Gasteiger partial charge in [-0.3, -0.25) is 0 Å². The van der Waals surface area contributed by atoms with Crippen LogP contribution in [0.2, 0.25) is 0 Å². The van der Waals surface area contributed by atoms with Gasteiger partial charge in [0.05, 0.1) is 5.60 Å². The number of aromatic hydroxyl groups is 1. The highest BCUT2D eigenvalue weighted by Gasteiger charge is 2.22. The van der Waals surface area contributed by atoms with Gasteiger partial charge >= 0.3 is 0 Å². The lowest BCUT2D eigenvalue weighted by Crippen LogP contribution is -2.16. The second-order valence-electron chi connectivity index (χ2n) is 4.94. The van der Waals surface area contributed by atoms with Crippen LogP contribution in [0.4, 0.5) is 0 Å². The highest BCUT2D eigenvalue weighted by molar-refractivity contribution is 5.45. The number of hydrogen-bond acceptors (Lipinski definition) is 2. The molecule has 0 bridgehead atoms. The third-order valence-corrected chi connectivity index (χ3v) is 2.67. The molecule has 0 aliphatic rings. The second-order valence-corrected chi connectivity index (χ2v) is 4.94. The molecule has 2 nitrogen and oxygen atoms in total. The van der Waals surface area contributed by atoms with Crippen molar-refractivity contribution in [2.24, 2.45) is 0 Å². The Hall–Kier alpha value is -1.02. The van der Waals surface area contributed by atoms with E-state index in [0.717, 1.165) is 5.56 Å². The van der Waals surface area contributed by atoms with Gasteiger partial charge in [0.1, 0.15) is 5.75 Å². The lowest BCUT2D eigenvalue weighted by atomic mass is 9.89. The predicted molar refractivity (Wildman–Crippen MR) is 62.2 cm³/mol. The first kappa shape index (κ1) is 12.1. The van der Waals surface area contributed by atoms with Gasteiger partial charge in [0.15, 0.2) is 0 Å². The minimum Gasteiger partial charge on any atom is -0.508 e. The molecule has 0 aliphatic heterocycles. The van der Waals surface area contributed by atoms with Gasteiger partial charge in [-0.15, -0.1) is 0 Å². The zero-order valence-electron chi connectivity index (χ0n) is 10.1. The van der Waals surface area contributed by atoms with Crippen molar-refractivity contribution in [3.8, 4) is 5.75 Å². The molecule has 0 unspecified atom stereocenters. The Bertz CT molecular complexity index is 360. The molecule has 0 aromatic heterocycles. The molecular weight excluding hydrogens is 188 g/mol. The third-order valence-electron chi connectivity index (χ3n) is 2.67. The molecule has 0 radical (unpaired) electrons. The third kappa shape index (κ3) is 2.51. The predicted octanol–water partition coefficient (Wildman–Crippen LogP) is 3.05. The summed E-state index contributed by atoms with van der Waals surface area (Å²) in [7, 11) is 0. The van der Waals surface area contributed by atoms with Crippen molar-refractivity contribution in [3.63, 3.8) is 0 Å². The van der Waals surface area contributed by atoms with Crippen LogP contribution >= 0.6 is 0 Å². The molecule has 1 rings (SSSR count). The fourth-order valence-corrected chi connectivity index (χ4v) is 1.82. The SMILES string of the molecule is Cc1cc(O)c(C(C)(C)O)cc1C(C)C. The van der Waals surface area contributed by atoms with Crippen LogP contribution in [0.25, 0.3) is 0 Å². The molecule has 0 fully saturated rings. The first-order valence-electron chi connectivity index (χ1n) is 5.30. The summed E-state index contributed by atoms with van der Waals surface area (Å²) in [6.07, 6.45) is 0. The number of aryl methyl sites for hydroxylation is 1. The molecular formula is C13H20O2. The average Bonchev–Trinajstić information content (AvgIpc) is 2.00. The van der Waals surface area contributed by atoms with Crippen molar-refractivity contribution in [1.82, 2.24) is 0 Å². The molecule has 2 heteroatoms. The maximum absolute atomic E-state index is 9.91. The van der Waals surface area contributed by atoms with E-state index in [4.69, 9.17) is 0 Å². The van der Waals surface area contributed by atoms with E-state index in [2.05, 4.69) is 13.8 Å². The monoisotopic (exact) mass is 208 g/mol. The van der Waals surface area contributed by atoms with Crippen molar-refractivity contribution >= 4 is 0 Å². The smallest absolute Gasteiger partial charge is 0.121 e. The van der Waals surface area contributed by atoms with Gasteiger partial charge < -0.3 is 10.2 Å². The van der Waals surface area contributed by atoms with E-state index in [9.17, 15) is 10.2 Å². The van der Waals surface area contributed by atoms with Crippen LogP contribution in [0.15, 0.2) is 12.1 Å². The zero-order chi connectivity index (χ0) is 11.8. The molecule has 0 amide bonds. The minimum absolute atomic E-state index is 0.171. The van der Waals surface area contributed by atoms with Crippen molar-refractivity contribution in [2.45, 2.75) is 46.1 Å². The maximum atomic E-state index is 9.91. The van der Waals surface area contributed by atoms with Crippen LogP contribution in [0.3, 0.4) is 0 Å². The van der Waals surface area contributed by atoms with E-state index in [0.29, 0.717) is 11.5 Å². The summed E-state index contributed by atoms with van der Waals surface area (Å²) in [5, 5.41) is 19.7. The van der Waals surface area contributed by atoms with Crippen LogP contribution in [0.5, 0.6) is 5.75 Å². The molecule has 0 saturated heterocycles. The lowest BCUT2D eigenvalue weighted by molar-refractivity contribution is 0.0757. The van der Waals surface area contributed by atoms with Gasteiger partial charge in [0.2, 0.25) is 0 Å². The second kappa shape index (κ2) is 3.86. The number of rotatable bonds is 2. The summed E-state index contributed by atoms with van der Waals surface area (Å²) in [4.78, 5) is 0. The van der Waals surface area contributed by atoms with Gasteiger partial charge in [0, 0.05) is 5.56 Å². The van der Waals surface area contributed by atoms with Gasteiger partial charge in [0.25, 0.3) is 0 Å². The summed E-state index contributed by atoms with van der Waals surface area (Å²) in [6.45, 7) is 9.55. The van der Waals surface area contributed by atoms with Crippen LogP contribution < -0.4 is 0 Å². The first-order valence-corrected chi connectivity index (χ1v) is 5.30.